The molecule has 78 valence electrons. The Morgan fingerprint density at radius 3 is 2.64 bits per heavy atom. The lowest BCUT2D eigenvalue weighted by Crippen LogP contribution is -2.35. The third-order valence-corrected chi connectivity index (χ3v) is 2.86. The molecule has 0 saturated heterocycles. The molecule has 14 heavy (non-hydrogen) atoms. The van der Waals surface area contributed by atoms with Crippen LogP contribution >= 0.6 is 15.9 Å². The number of nitrogens with one attached hydrogen (secondary N) is 1. The number of hydrogen-bond acceptors (Lipinski definition) is 2. The maximum atomic E-state index is 10.2. The van der Waals surface area contributed by atoms with Gasteiger partial charge in [0.25, 0.3) is 0 Å². The van der Waals surface area contributed by atoms with E-state index in [9.17, 15) is 5.11 Å². The van der Waals surface area contributed by atoms with Gasteiger partial charge < -0.3 is 10.4 Å². The third-order valence-electron chi connectivity index (χ3n) is 2.17. The lowest BCUT2D eigenvalue weighted by molar-refractivity contribution is 0.0569. The maximum Gasteiger partial charge on any atom is 0.100 e. The Labute approximate surface area is 93.5 Å². The predicted octanol–water partition coefficient (Wildman–Crippen LogP) is 2.27. The summed E-state index contributed by atoms with van der Waals surface area (Å²) in [4.78, 5) is 0. The highest BCUT2D eigenvalue weighted by Gasteiger charge is 2.24. The van der Waals surface area contributed by atoms with Crippen molar-refractivity contribution in [3.05, 3.63) is 34.3 Å². The van der Waals surface area contributed by atoms with Gasteiger partial charge in [-0.15, -0.1) is 0 Å². The van der Waals surface area contributed by atoms with Crippen LogP contribution in [0.15, 0.2) is 28.7 Å². The first-order chi connectivity index (χ1) is 6.58. The molecule has 0 spiro atoms. The fraction of sp³-hybridized carbons (Fsp3) is 0.455. The van der Waals surface area contributed by atoms with E-state index >= 15 is 0 Å². The van der Waals surface area contributed by atoms with Gasteiger partial charge in [0.05, 0.1) is 0 Å². The minimum absolute atomic E-state index is 0.562. The first-order valence-electron chi connectivity index (χ1n) is 4.76. The predicted molar refractivity (Wildman–Crippen MR) is 62.3 cm³/mol. The van der Waals surface area contributed by atoms with Gasteiger partial charge in [-0.2, -0.15) is 0 Å². The normalized spacial score (nSPS) is 15.1. The Kier molecular flexibility index (Phi) is 4.11. The van der Waals surface area contributed by atoms with Gasteiger partial charge in [0.2, 0.25) is 0 Å². The summed E-state index contributed by atoms with van der Waals surface area (Å²) in [6.45, 7) is 5.26. The molecule has 0 aromatic heterocycles. The highest BCUT2D eigenvalue weighted by atomic mass is 79.9. The van der Waals surface area contributed by atoms with Crippen LogP contribution in [-0.4, -0.2) is 18.2 Å². The van der Waals surface area contributed by atoms with E-state index in [1.165, 1.54) is 0 Å². The van der Waals surface area contributed by atoms with Crippen molar-refractivity contribution in [2.24, 2.45) is 0 Å². The first kappa shape index (κ1) is 11.7. The molecule has 0 saturated carbocycles. The second-order valence-electron chi connectivity index (χ2n) is 3.53. The zero-order valence-electron chi connectivity index (χ0n) is 8.55. The van der Waals surface area contributed by atoms with Crippen LogP contribution in [0.25, 0.3) is 0 Å². The lowest BCUT2D eigenvalue weighted by Gasteiger charge is -2.25. The molecule has 1 aromatic rings. The molecule has 0 bridgehead atoms. The van der Waals surface area contributed by atoms with E-state index in [0.717, 1.165) is 16.6 Å². The van der Waals surface area contributed by atoms with Crippen molar-refractivity contribution in [3.63, 3.8) is 0 Å². The minimum atomic E-state index is -0.823. The SMILES string of the molecule is CCNCC(C)(O)c1ccccc1Br. The Bertz CT molecular complexity index is 299. The third kappa shape index (κ3) is 2.80. The number of benzene rings is 1. The molecule has 0 aliphatic carbocycles. The van der Waals surface area contributed by atoms with Gasteiger partial charge in [0, 0.05) is 11.0 Å². The van der Waals surface area contributed by atoms with E-state index in [1.54, 1.807) is 0 Å². The summed E-state index contributed by atoms with van der Waals surface area (Å²) in [7, 11) is 0. The molecule has 3 heteroatoms. The van der Waals surface area contributed by atoms with Crippen molar-refractivity contribution in [1.82, 2.24) is 5.32 Å². The van der Waals surface area contributed by atoms with Crippen molar-refractivity contribution in [2.75, 3.05) is 13.1 Å². The average molecular weight is 258 g/mol. The van der Waals surface area contributed by atoms with Crippen molar-refractivity contribution in [3.8, 4) is 0 Å². The number of likely N-dealkylation sites (N-methyl/N-ethyl adjacent to an activating group) is 1. The van der Waals surface area contributed by atoms with Crippen LogP contribution in [0.5, 0.6) is 0 Å². The molecule has 2 N–H and O–H groups in total. The largest absolute Gasteiger partial charge is 0.384 e. The second kappa shape index (κ2) is 4.91. The zero-order chi connectivity index (χ0) is 10.6. The van der Waals surface area contributed by atoms with E-state index < -0.39 is 5.60 Å². The van der Waals surface area contributed by atoms with Crippen molar-refractivity contribution < 1.29 is 5.11 Å². The summed E-state index contributed by atoms with van der Waals surface area (Å²) >= 11 is 3.44. The van der Waals surface area contributed by atoms with Gasteiger partial charge in [-0.25, -0.2) is 0 Å². The highest BCUT2D eigenvalue weighted by molar-refractivity contribution is 9.10. The number of aliphatic hydroxyl groups is 1. The quantitative estimate of drug-likeness (QED) is 0.868. The molecule has 2 nitrogen and oxygen atoms in total. The van der Waals surface area contributed by atoms with E-state index in [2.05, 4.69) is 21.2 Å². The van der Waals surface area contributed by atoms with Gasteiger partial charge in [-0.3, -0.25) is 0 Å². The highest BCUT2D eigenvalue weighted by Crippen LogP contribution is 2.27. The minimum Gasteiger partial charge on any atom is -0.384 e. The molecule has 1 rings (SSSR count). The first-order valence-corrected chi connectivity index (χ1v) is 5.55. The summed E-state index contributed by atoms with van der Waals surface area (Å²) in [5, 5.41) is 13.3. The molecule has 1 aromatic carbocycles. The fourth-order valence-corrected chi connectivity index (χ4v) is 2.07. The van der Waals surface area contributed by atoms with Crippen LogP contribution in [0, 0.1) is 0 Å². The second-order valence-corrected chi connectivity index (χ2v) is 4.39. The summed E-state index contributed by atoms with van der Waals surface area (Å²) in [5.74, 6) is 0. The summed E-state index contributed by atoms with van der Waals surface area (Å²) < 4.78 is 0.947. The maximum absolute atomic E-state index is 10.2. The van der Waals surface area contributed by atoms with Crippen LogP contribution in [0.3, 0.4) is 0 Å². The fourth-order valence-electron chi connectivity index (χ4n) is 1.36. The van der Waals surface area contributed by atoms with Gasteiger partial charge in [0.1, 0.15) is 5.60 Å². The lowest BCUT2D eigenvalue weighted by atomic mass is 9.96. The molecule has 0 fully saturated rings. The Morgan fingerprint density at radius 1 is 1.43 bits per heavy atom. The number of rotatable bonds is 4. The topological polar surface area (TPSA) is 32.3 Å². The summed E-state index contributed by atoms with van der Waals surface area (Å²) in [6.07, 6.45) is 0. The Morgan fingerprint density at radius 2 is 2.07 bits per heavy atom. The van der Waals surface area contributed by atoms with Crippen LogP contribution in [0.4, 0.5) is 0 Å². The molecule has 1 unspecified atom stereocenters. The van der Waals surface area contributed by atoms with Gasteiger partial charge in [-0.1, -0.05) is 41.1 Å². The van der Waals surface area contributed by atoms with E-state index in [-0.39, 0.29) is 0 Å². The summed E-state index contributed by atoms with van der Waals surface area (Å²) in [6, 6.07) is 7.74. The van der Waals surface area contributed by atoms with E-state index in [4.69, 9.17) is 0 Å². The molecule has 0 radical (unpaired) electrons. The monoisotopic (exact) mass is 257 g/mol. The Hall–Kier alpha value is -0.380. The smallest absolute Gasteiger partial charge is 0.100 e. The van der Waals surface area contributed by atoms with Crippen LogP contribution in [0.1, 0.15) is 19.4 Å². The van der Waals surface area contributed by atoms with Crippen LogP contribution in [0.2, 0.25) is 0 Å². The molecule has 0 heterocycles. The van der Waals surface area contributed by atoms with Gasteiger partial charge in [-0.05, 0) is 25.1 Å². The summed E-state index contributed by atoms with van der Waals surface area (Å²) in [5.41, 5.74) is 0.0942. The van der Waals surface area contributed by atoms with Crippen LogP contribution < -0.4 is 5.32 Å². The van der Waals surface area contributed by atoms with Crippen molar-refractivity contribution in [1.29, 1.82) is 0 Å². The van der Waals surface area contributed by atoms with E-state index in [1.807, 2.05) is 38.1 Å². The Balaban J connectivity index is 2.86. The molecule has 0 amide bonds. The van der Waals surface area contributed by atoms with E-state index in [0.29, 0.717) is 6.54 Å². The zero-order valence-corrected chi connectivity index (χ0v) is 10.1. The molecule has 1 atom stereocenters. The number of halogens is 1. The van der Waals surface area contributed by atoms with Gasteiger partial charge in [0.15, 0.2) is 0 Å². The van der Waals surface area contributed by atoms with Crippen LogP contribution in [-0.2, 0) is 5.60 Å². The molecular weight excluding hydrogens is 242 g/mol. The standard InChI is InChI=1S/C11H16BrNO/c1-3-13-8-11(2,14)9-6-4-5-7-10(9)12/h4-7,13-14H,3,8H2,1-2H3. The van der Waals surface area contributed by atoms with Crippen molar-refractivity contribution in [2.45, 2.75) is 19.4 Å². The van der Waals surface area contributed by atoms with Crippen molar-refractivity contribution >= 4 is 15.9 Å². The number of hydrogen-bond donors (Lipinski definition) is 2. The average Bonchev–Trinajstić information content (AvgIpc) is 2.15. The van der Waals surface area contributed by atoms with Gasteiger partial charge >= 0.3 is 0 Å². The molecule has 0 aliphatic rings. The molecular formula is C11H16BrNO. The molecule has 0 aliphatic heterocycles.